The van der Waals surface area contributed by atoms with E-state index in [4.69, 9.17) is 16.9 Å². The molecule has 0 aromatic carbocycles. The minimum Gasteiger partial charge on any atom is -0.319 e. The molecule has 0 atom stereocenters. The molecule has 0 radical (unpaired) electrons. The summed E-state index contributed by atoms with van der Waals surface area (Å²) in [6.45, 7) is 0. The Morgan fingerprint density at radius 3 is 3.00 bits per heavy atom. The molecule has 3 nitrogen and oxygen atoms in total. The number of aromatic nitrogens is 2. The van der Waals surface area contributed by atoms with Crippen molar-refractivity contribution >= 4 is 17.7 Å². The fourth-order valence-corrected chi connectivity index (χ4v) is 0.804. The standard InChI is InChI=1S/C7H6ClN3/c1-11-6(8)5-10-7(11)3-2-4-9/h2-3,5H,1H3/b3-2+. The van der Waals surface area contributed by atoms with Crippen molar-refractivity contribution in [1.82, 2.24) is 9.55 Å². The van der Waals surface area contributed by atoms with Gasteiger partial charge in [0, 0.05) is 13.1 Å². The topological polar surface area (TPSA) is 41.6 Å². The molecule has 0 spiro atoms. The zero-order valence-corrected chi connectivity index (χ0v) is 6.71. The summed E-state index contributed by atoms with van der Waals surface area (Å²) in [7, 11) is 1.78. The van der Waals surface area contributed by atoms with Crippen LogP contribution in [-0.2, 0) is 7.05 Å². The van der Waals surface area contributed by atoms with Gasteiger partial charge in [-0.1, -0.05) is 11.6 Å². The molecule has 0 N–H and O–H groups in total. The largest absolute Gasteiger partial charge is 0.319 e. The monoisotopic (exact) mass is 167 g/mol. The lowest BCUT2D eigenvalue weighted by Gasteiger charge is -1.93. The molecule has 1 aromatic heterocycles. The second-order valence-electron chi connectivity index (χ2n) is 1.96. The van der Waals surface area contributed by atoms with Crippen LogP contribution in [0.2, 0.25) is 5.15 Å². The van der Waals surface area contributed by atoms with E-state index in [0.717, 1.165) is 0 Å². The normalized spacial score (nSPS) is 10.3. The van der Waals surface area contributed by atoms with E-state index in [9.17, 15) is 0 Å². The highest BCUT2D eigenvalue weighted by Crippen LogP contribution is 2.09. The minimum absolute atomic E-state index is 0.558. The van der Waals surface area contributed by atoms with Gasteiger partial charge in [-0.05, 0) is 6.08 Å². The lowest BCUT2D eigenvalue weighted by atomic mass is 10.5. The van der Waals surface area contributed by atoms with Crippen LogP contribution in [0.4, 0.5) is 0 Å². The Bertz CT molecular complexity index is 319. The lowest BCUT2D eigenvalue weighted by molar-refractivity contribution is 0.898. The molecule has 1 aromatic rings. The third kappa shape index (κ3) is 1.60. The number of nitrogens with zero attached hydrogens (tertiary/aromatic N) is 3. The van der Waals surface area contributed by atoms with Gasteiger partial charge in [-0.2, -0.15) is 5.26 Å². The lowest BCUT2D eigenvalue weighted by Crippen LogP contribution is -1.90. The average molecular weight is 168 g/mol. The van der Waals surface area contributed by atoms with Gasteiger partial charge in [0.05, 0.1) is 12.3 Å². The van der Waals surface area contributed by atoms with E-state index in [1.807, 2.05) is 6.07 Å². The van der Waals surface area contributed by atoms with Crippen LogP contribution in [0, 0.1) is 11.3 Å². The Labute approximate surface area is 69.5 Å². The average Bonchev–Trinajstić information content (AvgIpc) is 2.31. The Morgan fingerprint density at radius 1 is 1.82 bits per heavy atom. The summed E-state index contributed by atoms with van der Waals surface area (Å²) >= 11 is 5.69. The third-order valence-electron chi connectivity index (χ3n) is 1.27. The second kappa shape index (κ2) is 3.22. The molecule has 0 amide bonds. The molecule has 11 heavy (non-hydrogen) atoms. The van der Waals surface area contributed by atoms with Crippen molar-refractivity contribution < 1.29 is 0 Å². The van der Waals surface area contributed by atoms with Crippen molar-refractivity contribution in [2.45, 2.75) is 0 Å². The molecular weight excluding hydrogens is 162 g/mol. The van der Waals surface area contributed by atoms with E-state index in [-0.39, 0.29) is 0 Å². The molecule has 0 aliphatic carbocycles. The quantitative estimate of drug-likeness (QED) is 0.597. The van der Waals surface area contributed by atoms with Crippen molar-refractivity contribution in [1.29, 1.82) is 5.26 Å². The molecule has 1 heterocycles. The maximum absolute atomic E-state index is 8.22. The highest BCUT2D eigenvalue weighted by molar-refractivity contribution is 6.29. The predicted molar refractivity (Wildman–Crippen MR) is 42.9 cm³/mol. The maximum atomic E-state index is 8.22. The molecule has 0 aliphatic rings. The van der Waals surface area contributed by atoms with Crippen LogP contribution >= 0.6 is 11.6 Å². The summed E-state index contributed by atoms with van der Waals surface area (Å²) in [5, 5.41) is 8.78. The SMILES string of the molecule is Cn1c(Cl)cnc1/C=C/C#N. The highest BCUT2D eigenvalue weighted by atomic mass is 35.5. The van der Waals surface area contributed by atoms with Crippen LogP contribution in [0.15, 0.2) is 12.3 Å². The summed E-state index contributed by atoms with van der Waals surface area (Å²) < 4.78 is 1.69. The van der Waals surface area contributed by atoms with Crippen LogP contribution in [-0.4, -0.2) is 9.55 Å². The number of allylic oxidation sites excluding steroid dienone is 1. The zero-order valence-electron chi connectivity index (χ0n) is 5.95. The molecule has 0 unspecified atom stereocenters. The number of halogens is 1. The van der Waals surface area contributed by atoms with E-state index in [2.05, 4.69) is 4.98 Å². The van der Waals surface area contributed by atoms with Gasteiger partial charge in [0.15, 0.2) is 0 Å². The van der Waals surface area contributed by atoms with Gasteiger partial charge in [0.2, 0.25) is 0 Å². The fraction of sp³-hybridized carbons (Fsp3) is 0.143. The summed E-state index contributed by atoms with van der Waals surface area (Å²) in [4.78, 5) is 3.95. The Hall–Kier alpha value is -1.27. The van der Waals surface area contributed by atoms with Crippen LogP contribution in [0.1, 0.15) is 5.82 Å². The van der Waals surface area contributed by atoms with E-state index in [1.165, 1.54) is 6.08 Å². The summed E-state index contributed by atoms with van der Waals surface area (Å²) in [5.41, 5.74) is 0. The summed E-state index contributed by atoms with van der Waals surface area (Å²) in [5.74, 6) is 0.677. The van der Waals surface area contributed by atoms with Gasteiger partial charge in [-0.15, -0.1) is 0 Å². The second-order valence-corrected chi connectivity index (χ2v) is 2.35. The molecule has 0 saturated carbocycles. The number of hydrogen-bond donors (Lipinski definition) is 0. The molecule has 4 heteroatoms. The first kappa shape index (κ1) is 7.83. The summed E-state index contributed by atoms with van der Waals surface area (Å²) in [6, 6.07) is 1.88. The van der Waals surface area contributed by atoms with Crippen molar-refractivity contribution in [2.75, 3.05) is 0 Å². The van der Waals surface area contributed by atoms with Crippen molar-refractivity contribution in [3.63, 3.8) is 0 Å². The zero-order chi connectivity index (χ0) is 8.27. The van der Waals surface area contributed by atoms with Gasteiger partial charge < -0.3 is 4.57 Å². The number of hydrogen-bond acceptors (Lipinski definition) is 2. The van der Waals surface area contributed by atoms with Crippen LogP contribution in [0.25, 0.3) is 6.08 Å². The summed E-state index contributed by atoms with van der Waals surface area (Å²) in [6.07, 6.45) is 4.50. The molecular formula is C7H6ClN3. The molecule has 0 aliphatic heterocycles. The Kier molecular flexibility index (Phi) is 2.29. The Morgan fingerprint density at radius 2 is 2.55 bits per heavy atom. The molecule has 56 valence electrons. The smallest absolute Gasteiger partial charge is 0.134 e. The first-order valence-corrected chi connectivity index (χ1v) is 3.37. The molecule has 0 bridgehead atoms. The van der Waals surface area contributed by atoms with Crippen molar-refractivity contribution in [2.24, 2.45) is 7.05 Å². The van der Waals surface area contributed by atoms with Crippen LogP contribution in [0.3, 0.4) is 0 Å². The molecule has 1 rings (SSSR count). The van der Waals surface area contributed by atoms with Gasteiger partial charge in [-0.25, -0.2) is 4.98 Å². The van der Waals surface area contributed by atoms with E-state index in [0.29, 0.717) is 11.0 Å². The van der Waals surface area contributed by atoms with E-state index < -0.39 is 0 Å². The highest BCUT2D eigenvalue weighted by Gasteiger charge is 1.98. The maximum Gasteiger partial charge on any atom is 0.134 e. The number of imidazole rings is 1. The van der Waals surface area contributed by atoms with E-state index in [1.54, 1.807) is 23.9 Å². The number of nitriles is 1. The van der Waals surface area contributed by atoms with Crippen LogP contribution in [0.5, 0.6) is 0 Å². The van der Waals surface area contributed by atoms with Crippen LogP contribution < -0.4 is 0 Å². The van der Waals surface area contributed by atoms with Gasteiger partial charge in [0.25, 0.3) is 0 Å². The molecule has 0 saturated heterocycles. The molecule has 0 fully saturated rings. The third-order valence-corrected chi connectivity index (χ3v) is 1.63. The van der Waals surface area contributed by atoms with E-state index >= 15 is 0 Å². The van der Waals surface area contributed by atoms with Crippen molar-refractivity contribution in [3.8, 4) is 6.07 Å². The minimum atomic E-state index is 0.558. The van der Waals surface area contributed by atoms with Gasteiger partial charge in [-0.3, -0.25) is 0 Å². The first-order chi connectivity index (χ1) is 5.25. The van der Waals surface area contributed by atoms with Crippen molar-refractivity contribution in [3.05, 3.63) is 23.3 Å². The first-order valence-electron chi connectivity index (χ1n) is 2.99. The number of rotatable bonds is 1. The van der Waals surface area contributed by atoms with Gasteiger partial charge >= 0.3 is 0 Å². The fourth-order valence-electron chi connectivity index (χ4n) is 0.669. The Balaban J connectivity index is 2.98. The van der Waals surface area contributed by atoms with Gasteiger partial charge in [0.1, 0.15) is 11.0 Å². The predicted octanol–water partition coefficient (Wildman–Crippen LogP) is 1.61.